The van der Waals surface area contributed by atoms with Crippen LogP contribution in [0.3, 0.4) is 0 Å². The Morgan fingerprint density at radius 3 is 2.93 bits per heavy atom. The van der Waals surface area contributed by atoms with Gasteiger partial charge in [0.15, 0.2) is 11.3 Å². The van der Waals surface area contributed by atoms with Crippen molar-refractivity contribution in [1.29, 1.82) is 0 Å². The molecule has 2 N–H and O–H groups in total. The second-order valence-corrected chi connectivity index (χ2v) is 7.70. The third-order valence-corrected chi connectivity index (χ3v) is 5.55. The Hall–Kier alpha value is -3.15. The molecule has 0 aromatic carbocycles. The van der Waals surface area contributed by atoms with Crippen LogP contribution in [0.25, 0.3) is 5.65 Å². The number of amides is 1. The molecule has 2 aliphatic heterocycles. The fourth-order valence-electron chi connectivity index (χ4n) is 4.25. The van der Waals surface area contributed by atoms with Crippen LogP contribution >= 0.6 is 0 Å². The Kier molecular flexibility index (Phi) is 4.20. The third-order valence-electron chi connectivity index (χ3n) is 5.55. The standard InChI is InChI=1S/C18H19F3N8O/c1-27-9-13(15(26-27)18(19,20)21)24-17(30)12-7-23-29-3-2-14(25-16(12)29)28-8-10-4-11(28)6-22-5-10/h2-3,7,9-11,22H,4-6,8H2,1H3,(H,24,30). The second-order valence-electron chi connectivity index (χ2n) is 7.70. The summed E-state index contributed by atoms with van der Waals surface area (Å²) in [6, 6.07) is 2.18. The second kappa shape index (κ2) is 6.69. The summed E-state index contributed by atoms with van der Waals surface area (Å²) in [6.07, 6.45) is 0.527. The van der Waals surface area contributed by atoms with E-state index in [4.69, 9.17) is 0 Å². The summed E-state index contributed by atoms with van der Waals surface area (Å²) >= 11 is 0. The number of carbonyl (C=O) groups excluding carboxylic acids is 1. The molecular weight excluding hydrogens is 401 g/mol. The van der Waals surface area contributed by atoms with Crippen LogP contribution in [0.5, 0.6) is 0 Å². The Morgan fingerprint density at radius 1 is 1.33 bits per heavy atom. The monoisotopic (exact) mass is 420 g/mol. The lowest BCUT2D eigenvalue weighted by atomic mass is 10.0. The first-order valence-corrected chi connectivity index (χ1v) is 9.53. The van der Waals surface area contributed by atoms with E-state index >= 15 is 0 Å². The number of nitrogens with one attached hydrogen (secondary N) is 2. The molecule has 0 spiro atoms. The van der Waals surface area contributed by atoms with Gasteiger partial charge in [-0.05, 0) is 24.9 Å². The molecule has 12 heteroatoms. The number of carbonyl (C=O) groups is 1. The molecule has 3 aromatic rings. The summed E-state index contributed by atoms with van der Waals surface area (Å²) in [5.41, 5.74) is -1.18. The van der Waals surface area contributed by atoms with Crippen LogP contribution in [0.15, 0.2) is 24.7 Å². The molecule has 5 heterocycles. The highest BCUT2D eigenvalue weighted by atomic mass is 19.4. The van der Waals surface area contributed by atoms with Crippen molar-refractivity contribution in [2.75, 3.05) is 29.9 Å². The summed E-state index contributed by atoms with van der Waals surface area (Å²) in [5.74, 6) is 0.557. The molecule has 2 unspecified atom stereocenters. The number of rotatable bonds is 3. The number of aryl methyl sites for hydroxylation is 1. The van der Waals surface area contributed by atoms with Gasteiger partial charge in [0.2, 0.25) is 0 Å². The lowest BCUT2D eigenvalue weighted by Crippen LogP contribution is -2.39. The fraction of sp³-hybridized carbons (Fsp3) is 0.444. The van der Waals surface area contributed by atoms with Gasteiger partial charge in [0.25, 0.3) is 5.91 Å². The molecule has 0 aliphatic carbocycles. The predicted octanol–water partition coefficient (Wildman–Crippen LogP) is 1.53. The summed E-state index contributed by atoms with van der Waals surface area (Å²) in [7, 11) is 1.36. The van der Waals surface area contributed by atoms with E-state index in [1.807, 2.05) is 6.07 Å². The number of hydrogen-bond donors (Lipinski definition) is 2. The minimum atomic E-state index is -4.68. The maximum absolute atomic E-state index is 13.2. The van der Waals surface area contributed by atoms with Crippen molar-refractivity contribution in [2.45, 2.75) is 18.6 Å². The number of anilines is 2. The number of nitrogens with zero attached hydrogens (tertiary/aromatic N) is 6. The van der Waals surface area contributed by atoms with E-state index in [1.165, 1.54) is 17.8 Å². The number of alkyl halides is 3. The summed E-state index contributed by atoms with van der Waals surface area (Å²) < 4.78 is 42.0. The Balaban J connectivity index is 1.46. The van der Waals surface area contributed by atoms with Crippen molar-refractivity contribution in [3.05, 3.63) is 35.9 Å². The number of piperidine rings is 1. The average Bonchev–Trinajstić information content (AvgIpc) is 3.36. The van der Waals surface area contributed by atoms with E-state index in [0.29, 0.717) is 12.0 Å². The molecule has 0 radical (unpaired) electrons. The van der Waals surface area contributed by atoms with Gasteiger partial charge in [0.05, 0.1) is 11.9 Å². The molecule has 2 atom stereocenters. The van der Waals surface area contributed by atoms with Gasteiger partial charge in [-0.25, -0.2) is 9.50 Å². The lowest BCUT2D eigenvalue weighted by Gasteiger charge is -2.25. The van der Waals surface area contributed by atoms with Crippen LogP contribution < -0.4 is 15.5 Å². The highest BCUT2D eigenvalue weighted by Crippen LogP contribution is 2.34. The zero-order valence-electron chi connectivity index (χ0n) is 16.0. The van der Waals surface area contributed by atoms with E-state index in [-0.39, 0.29) is 11.2 Å². The Labute approximate surface area is 168 Å². The first kappa shape index (κ1) is 18.9. The number of hydrogen-bond acceptors (Lipinski definition) is 6. The van der Waals surface area contributed by atoms with Gasteiger partial charge in [-0.1, -0.05) is 0 Å². The third kappa shape index (κ3) is 3.16. The first-order valence-electron chi connectivity index (χ1n) is 9.53. The molecule has 2 aliphatic rings. The molecule has 1 amide bonds. The predicted molar refractivity (Wildman–Crippen MR) is 101 cm³/mol. The van der Waals surface area contributed by atoms with Crippen molar-refractivity contribution in [3.8, 4) is 0 Å². The molecule has 30 heavy (non-hydrogen) atoms. The molecular formula is C18H19F3N8O. The molecule has 2 bridgehead atoms. The first-order chi connectivity index (χ1) is 14.3. The highest BCUT2D eigenvalue weighted by molar-refractivity contribution is 6.08. The van der Waals surface area contributed by atoms with Crippen LogP contribution in [0.1, 0.15) is 22.5 Å². The summed E-state index contributed by atoms with van der Waals surface area (Å²) in [5, 5.41) is 13.2. The Morgan fingerprint density at radius 2 is 2.17 bits per heavy atom. The van der Waals surface area contributed by atoms with Gasteiger partial charge >= 0.3 is 6.18 Å². The van der Waals surface area contributed by atoms with Crippen LogP contribution in [0.4, 0.5) is 24.7 Å². The molecule has 5 rings (SSSR count). The minimum Gasteiger partial charge on any atom is -0.352 e. The van der Waals surface area contributed by atoms with Gasteiger partial charge in [0, 0.05) is 38.6 Å². The lowest BCUT2D eigenvalue weighted by molar-refractivity contribution is -0.140. The van der Waals surface area contributed by atoms with E-state index in [9.17, 15) is 18.0 Å². The van der Waals surface area contributed by atoms with Gasteiger partial charge < -0.3 is 15.5 Å². The van der Waals surface area contributed by atoms with Gasteiger partial charge in [-0.2, -0.15) is 23.4 Å². The quantitative estimate of drug-likeness (QED) is 0.668. The average molecular weight is 420 g/mol. The molecule has 158 valence electrons. The summed E-state index contributed by atoms with van der Waals surface area (Å²) in [6.45, 7) is 2.72. The van der Waals surface area contributed by atoms with Crippen molar-refractivity contribution in [1.82, 2.24) is 29.7 Å². The SMILES string of the molecule is Cn1cc(NC(=O)c2cnn3ccc(N4CC5CNCC4C5)nc23)c(C(F)(F)F)n1. The Bertz CT molecular complexity index is 1120. The van der Waals surface area contributed by atoms with E-state index < -0.39 is 23.5 Å². The minimum absolute atomic E-state index is 0.0918. The van der Waals surface area contributed by atoms with Crippen molar-refractivity contribution in [3.63, 3.8) is 0 Å². The number of halogens is 3. The van der Waals surface area contributed by atoms with Crippen molar-refractivity contribution < 1.29 is 18.0 Å². The van der Waals surface area contributed by atoms with Crippen LogP contribution in [-0.2, 0) is 13.2 Å². The number of aromatic nitrogens is 5. The van der Waals surface area contributed by atoms with E-state index in [0.717, 1.165) is 42.8 Å². The highest BCUT2D eigenvalue weighted by Gasteiger charge is 2.38. The van der Waals surface area contributed by atoms with Crippen molar-refractivity contribution in [2.24, 2.45) is 13.0 Å². The van der Waals surface area contributed by atoms with Gasteiger partial charge in [-0.3, -0.25) is 9.48 Å². The molecule has 2 saturated heterocycles. The normalized spacial score (nSPS) is 21.4. The van der Waals surface area contributed by atoms with Gasteiger partial charge in [-0.15, -0.1) is 0 Å². The van der Waals surface area contributed by atoms with Crippen LogP contribution in [0, 0.1) is 5.92 Å². The van der Waals surface area contributed by atoms with E-state index in [1.54, 1.807) is 6.20 Å². The topological polar surface area (TPSA) is 92.4 Å². The summed E-state index contributed by atoms with van der Waals surface area (Å²) in [4.78, 5) is 19.6. The molecule has 0 saturated carbocycles. The maximum Gasteiger partial charge on any atom is 0.437 e. The molecule has 9 nitrogen and oxygen atoms in total. The van der Waals surface area contributed by atoms with E-state index in [2.05, 4.69) is 30.7 Å². The fourth-order valence-corrected chi connectivity index (χ4v) is 4.25. The molecule has 3 aromatic heterocycles. The van der Waals surface area contributed by atoms with Crippen LogP contribution in [-0.4, -0.2) is 56.0 Å². The van der Waals surface area contributed by atoms with Gasteiger partial charge in [0.1, 0.15) is 11.4 Å². The maximum atomic E-state index is 13.2. The number of fused-ring (bicyclic) bond motifs is 3. The van der Waals surface area contributed by atoms with Crippen molar-refractivity contribution >= 4 is 23.1 Å². The largest absolute Gasteiger partial charge is 0.437 e. The zero-order chi connectivity index (χ0) is 21.0. The smallest absolute Gasteiger partial charge is 0.352 e. The molecule has 2 fully saturated rings. The van der Waals surface area contributed by atoms with Crippen LogP contribution in [0.2, 0.25) is 0 Å². The zero-order valence-corrected chi connectivity index (χ0v) is 16.0.